The molecule has 0 aliphatic rings. The molecule has 0 atom stereocenters. The number of thioether (sulfide) groups is 1. The second-order valence-electron chi connectivity index (χ2n) is 2.58. The Bertz CT molecular complexity index is 258. The summed E-state index contributed by atoms with van der Waals surface area (Å²) < 4.78 is 1.18. The first kappa shape index (κ1) is 10.0. The van der Waals surface area contributed by atoms with Crippen molar-refractivity contribution in [1.29, 1.82) is 0 Å². The van der Waals surface area contributed by atoms with Crippen LogP contribution in [0.3, 0.4) is 0 Å². The third kappa shape index (κ3) is 3.12. The zero-order valence-electron chi connectivity index (χ0n) is 7.15. The van der Waals surface area contributed by atoms with Crippen molar-refractivity contribution in [3.63, 3.8) is 0 Å². The van der Waals surface area contributed by atoms with Gasteiger partial charge < -0.3 is 0 Å². The van der Waals surface area contributed by atoms with Crippen molar-refractivity contribution < 1.29 is 15.9 Å². The molecule has 0 amide bonds. The Morgan fingerprint density at radius 1 is 1.25 bits per heavy atom. The number of hydrogen-bond donors (Lipinski definition) is 0. The van der Waals surface area contributed by atoms with Crippen molar-refractivity contribution >= 4 is 15.6 Å². The van der Waals surface area contributed by atoms with Crippen LogP contribution in [0.1, 0.15) is 0 Å². The second kappa shape index (κ2) is 4.84. The molecule has 0 bridgehead atoms. The van der Waals surface area contributed by atoms with Gasteiger partial charge in [0.2, 0.25) is 0 Å². The Labute approximate surface area is 85.7 Å². The normalized spacial score (nSPS) is 10.2. The molecule has 1 rings (SSSR count). The van der Waals surface area contributed by atoms with Crippen molar-refractivity contribution in [3.8, 4) is 0 Å². The van der Waals surface area contributed by atoms with Gasteiger partial charge in [0, 0.05) is 0 Å². The molecule has 1 aromatic carbocycles. The van der Waals surface area contributed by atoms with E-state index in [4.69, 9.17) is 0 Å². The molecule has 0 saturated carbocycles. The number of benzene rings is 1. The van der Waals surface area contributed by atoms with Crippen LogP contribution in [0.2, 0.25) is 0 Å². The molecule has 0 unspecified atom stereocenters. The molecule has 0 fully saturated rings. The first-order valence-corrected chi connectivity index (χ1v) is 5.10. The first-order chi connectivity index (χ1) is 5.70. The van der Waals surface area contributed by atoms with Crippen LogP contribution in [0.15, 0.2) is 35.2 Å². The van der Waals surface area contributed by atoms with Gasteiger partial charge in [-0.2, -0.15) is 0 Å². The molecule has 0 aliphatic carbocycles. The minimum atomic E-state index is 1.18. The molecular weight excluding hydrogens is 206 g/mol. The van der Waals surface area contributed by atoms with Crippen LogP contribution in [0, 0.1) is 0 Å². The van der Waals surface area contributed by atoms with Gasteiger partial charge in [-0.3, -0.25) is 0 Å². The predicted molar refractivity (Wildman–Crippen MR) is 51.0 cm³/mol. The second-order valence-corrected chi connectivity index (χ2v) is 4.67. The summed E-state index contributed by atoms with van der Waals surface area (Å²) in [6.07, 6.45) is 0. The third-order valence-electron chi connectivity index (χ3n) is 1.31. The van der Waals surface area contributed by atoms with Crippen molar-refractivity contribution in [2.75, 3.05) is 14.1 Å². The van der Waals surface area contributed by atoms with Gasteiger partial charge in [0.1, 0.15) is 0 Å². The van der Waals surface area contributed by atoms with Gasteiger partial charge in [0.05, 0.1) is 0 Å². The van der Waals surface area contributed by atoms with Crippen LogP contribution < -0.4 is 0 Å². The molecule has 3 heteroatoms. The molecule has 0 heterocycles. The van der Waals surface area contributed by atoms with Crippen LogP contribution in [0.25, 0.3) is 0 Å². The Kier molecular flexibility index (Phi) is 4.04. The average Bonchev–Trinajstić information content (AvgIpc) is 2.06. The van der Waals surface area contributed by atoms with Gasteiger partial charge >= 0.3 is 85.7 Å². The fourth-order valence-corrected chi connectivity index (χ4v) is 1.81. The van der Waals surface area contributed by atoms with Crippen molar-refractivity contribution in [1.82, 2.24) is 4.90 Å². The molecule has 0 aromatic heterocycles. The summed E-state index contributed by atoms with van der Waals surface area (Å²) in [6, 6.07) is 10.3. The molecule has 0 radical (unpaired) electrons. The fraction of sp³-hybridized carbons (Fsp3) is 0.222. The zero-order chi connectivity index (χ0) is 8.97. The van der Waals surface area contributed by atoms with E-state index in [9.17, 15) is 0 Å². The van der Waals surface area contributed by atoms with Crippen molar-refractivity contribution in [2.45, 2.75) is 4.90 Å². The average molecular weight is 217 g/mol. The summed E-state index contributed by atoms with van der Waals surface area (Å²) in [5, 5.41) is 0. The summed E-state index contributed by atoms with van der Waals surface area (Å²) in [5.41, 5.74) is 0. The molecule has 0 N–H and O–H groups in total. The maximum absolute atomic E-state index is 3.03. The summed E-state index contributed by atoms with van der Waals surface area (Å²) in [7, 11) is 4.06. The van der Waals surface area contributed by atoms with E-state index < -0.39 is 0 Å². The topological polar surface area (TPSA) is 3.24 Å². The van der Waals surface area contributed by atoms with E-state index in [2.05, 4.69) is 32.9 Å². The fourth-order valence-electron chi connectivity index (χ4n) is 0.681. The van der Waals surface area contributed by atoms with Crippen molar-refractivity contribution in [2.24, 2.45) is 0 Å². The van der Waals surface area contributed by atoms with E-state index in [1.807, 2.05) is 32.3 Å². The van der Waals surface area contributed by atoms with Gasteiger partial charge in [-0.15, -0.1) is 0 Å². The van der Waals surface area contributed by atoms with Gasteiger partial charge in [-0.1, -0.05) is 0 Å². The van der Waals surface area contributed by atoms with Crippen LogP contribution in [-0.2, 0) is 15.9 Å². The third-order valence-corrected chi connectivity index (χ3v) is 3.32. The standard InChI is InChI=1S/C9H11NS.Cr/c1-10(2)8-11-9-6-4-3-5-7-9;/h3-7H,1-2H3;. The van der Waals surface area contributed by atoms with E-state index in [0.29, 0.717) is 0 Å². The summed E-state index contributed by atoms with van der Waals surface area (Å²) in [5.74, 6) is 0. The van der Waals surface area contributed by atoms with Crippen molar-refractivity contribution in [3.05, 3.63) is 30.3 Å². The minimum absolute atomic E-state index is 1.18. The van der Waals surface area contributed by atoms with Crippen LogP contribution in [0.4, 0.5) is 0 Å². The van der Waals surface area contributed by atoms with Gasteiger partial charge in [-0.05, 0) is 0 Å². The van der Waals surface area contributed by atoms with Gasteiger partial charge in [0.25, 0.3) is 0 Å². The summed E-state index contributed by atoms with van der Waals surface area (Å²) in [6.45, 7) is 0. The van der Waals surface area contributed by atoms with E-state index in [-0.39, 0.29) is 0 Å². The van der Waals surface area contributed by atoms with Crippen LogP contribution in [-0.4, -0.2) is 22.8 Å². The SMILES string of the molecule is CN(C)[C](=[Cr])Sc1ccccc1. The summed E-state index contributed by atoms with van der Waals surface area (Å²) in [4.78, 5) is 3.33. The molecule has 64 valence electrons. The molecular formula is C9H11CrNS. The summed E-state index contributed by atoms with van der Waals surface area (Å²) >= 11 is 4.77. The van der Waals surface area contributed by atoms with Crippen LogP contribution in [0.5, 0.6) is 0 Å². The quantitative estimate of drug-likeness (QED) is 0.712. The predicted octanol–water partition coefficient (Wildman–Crippen LogP) is 1.97. The number of hydrogen-bond acceptors (Lipinski definition) is 2. The number of nitrogens with zero attached hydrogens (tertiary/aromatic N) is 1. The molecule has 0 aliphatic heterocycles. The molecule has 12 heavy (non-hydrogen) atoms. The van der Waals surface area contributed by atoms with E-state index >= 15 is 0 Å². The van der Waals surface area contributed by atoms with Crippen LogP contribution >= 0.6 is 11.8 Å². The Hall–Kier alpha value is -0.0675. The maximum atomic E-state index is 3.03. The molecule has 1 nitrogen and oxygen atoms in total. The number of rotatable bonds is 3. The van der Waals surface area contributed by atoms with Gasteiger partial charge in [-0.25, -0.2) is 0 Å². The van der Waals surface area contributed by atoms with E-state index in [1.54, 1.807) is 11.8 Å². The Morgan fingerprint density at radius 2 is 1.83 bits per heavy atom. The first-order valence-electron chi connectivity index (χ1n) is 3.64. The molecule has 0 spiro atoms. The van der Waals surface area contributed by atoms with E-state index in [1.165, 1.54) is 8.73 Å². The molecule has 1 aromatic rings. The molecule has 0 saturated heterocycles. The van der Waals surface area contributed by atoms with E-state index in [0.717, 1.165) is 0 Å². The zero-order valence-corrected chi connectivity index (χ0v) is 9.24. The Morgan fingerprint density at radius 3 is 2.33 bits per heavy atom. The van der Waals surface area contributed by atoms with Gasteiger partial charge in [0.15, 0.2) is 0 Å². The monoisotopic (exact) mass is 217 g/mol. The Balaban J connectivity index is 2.59.